The zero-order valence-electron chi connectivity index (χ0n) is 12.1. The first-order chi connectivity index (χ1) is 9.83. The van der Waals surface area contributed by atoms with Crippen molar-refractivity contribution < 1.29 is 0 Å². The third kappa shape index (κ3) is 3.85. The molecule has 104 valence electrons. The zero-order valence-corrected chi connectivity index (χ0v) is 12.1. The van der Waals surface area contributed by atoms with E-state index < -0.39 is 0 Å². The van der Waals surface area contributed by atoms with Gasteiger partial charge in [-0.3, -0.25) is 4.99 Å². The fraction of sp³-hybridized carbons (Fsp3) is 0.235. The van der Waals surface area contributed by atoms with Gasteiger partial charge in [0.25, 0.3) is 0 Å². The van der Waals surface area contributed by atoms with Crippen molar-refractivity contribution in [3.05, 3.63) is 60.2 Å². The Kier molecular flexibility index (Phi) is 5.18. The van der Waals surface area contributed by atoms with Gasteiger partial charge in [0, 0.05) is 20.6 Å². The van der Waals surface area contributed by atoms with E-state index in [1.54, 1.807) is 7.05 Å². The topological polar surface area (TPSA) is 36.4 Å². The molecule has 2 aromatic rings. The first-order valence-electron chi connectivity index (χ1n) is 6.86. The van der Waals surface area contributed by atoms with Crippen LogP contribution in [0.1, 0.15) is 5.56 Å². The van der Waals surface area contributed by atoms with E-state index in [0.29, 0.717) is 0 Å². The van der Waals surface area contributed by atoms with E-state index >= 15 is 0 Å². The van der Waals surface area contributed by atoms with Gasteiger partial charge in [0.1, 0.15) is 0 Å². The molecular formula is C17H21N3. The van der Waals surface area contributed by atoms with Gasteiger partial charge in [-0.2, -0.15) is 0 Å². The molecule has 0 unspecified atom stereocenters. The highest BCUT2D eigenvalue weighted by atomic mass is 15.1. The Morgan fingerprint density at radius 3 is 2.20 bits per heavy atom. The molecule has 0 atom stereocenters. The second kappa shape index (κ2) is 7.34. The molecule has 0 heterocycles. The van der Waals surface area contributed by atoms with Crippen molar-refractivity contribution >= 4 is 5.96 Å². The maximum Gasteiger partial charge on any atom is 0.190 e. The number of rotatable bonds is 4. The molecule has 3 nitrogen and oxygen atoms in total. The van der Waals surface area contributed by atoms with E-state index in [0.717, 1.165) is 18.9 Å². The number of hydrogen-bond donors (Lipinski definition) is 2. The molecule has 0 aliphatic heterocycles. The zero-order chi connectivity index (χ0) is 14.2. The molecule has 0 saturated heterocycles. The number of benzene rings is 2. The van der Waals surface area contributed by atoms with Gasteiger partial charge in [-0.25, -0.2) is 0 Å². The lowest BCUT2D eigenvalue weighted by Crippen LogP contribution is -2.35. The summed E-state index contributed by atoms with van der Waals surface area (Å²) in [5, 5.41) is 6.26. The van der Waals surface area contributed by atoms with Crippen LogP contribution in [0.4, 0.5) is 0 Å². The standard InChI is InChI=1S/C17H21N3/c1-18-17(19-2)20-13-12-14-8-10-16(11-9-14)15-6-4-3-5-7-15/h3-11H,12-13H2,1-2H3,(H2,18,19,20). The van der Waals surface area contributed by atoms with E-state index in [2.05, 4.69) is 64.2 Å². The largest absolute Gasteiger partial charge is 0.359 e. The van der Waals surface area contributed by atoms with Crippen molar-refractivity contribution in [3.8, 4) is 11.1 Å². The van der Waals surface area contributed by atoms with E-state index in [-0.39, 0.29) is 0 Å². The highest BCUT2D eigenvalue weighted by Crippen LogP contribution is 2.19. The summed E-state index contributed by atoms with van der Waals surface area (Å²) in [6, 6.07) is 19.2. The quantitative estimate of drug-likeness (QED) is 0.660. The molecule has 0 spiro atoms. The van der Waals surface area contributed by atoms with Crippen LogP contribution in [0.25, 0.3) is 11.1 Å². The maximum absolute atomic E-state index is 4.09. The Balaban J connectivity index is 1.92. The van der Waals surface area contributed by atoms with E-state index in [4.69, 9.17) is 0 Å². The molecule has 0 saturated carbocycles. The predicted octanol–water partition coefficient (Wildman–Crippen LogP) is 2.69. The van der Waals surface area contributed by atoms with Crippen LogP contribution < -0.4 is 10.6 Å². The second-order valence-electron chi connectivity index (χ2n) is 4.56. The van der Waals surface area contributed by atoms with Crippen LogP contribution in [0, 0.1) is 0 Å². The smallest absolute Gasteiger partial charge is 0.190 e. The minimum absolute atomic E-state index is 0.825. The number of guanidine groups is 1. The van der Waals surface area contributed by atoms with Crippen molar-refractivity contribution in [1.29, 1.82) is 0 Å². The van der Waals surface area contributed by atoms with E-state index in [1.165, 1.54) is 16.7 Å². The fourth-order valence-corrected chi connectivity index (χ4v) is 2.10. The minimum atomic E-state index is 0.825. The highest BCUT2D eigenvalue weighted by Gasteiger charge is 1.98. The van der Waals surface area contributed by atoms with Gasteiger partial charge in [-0.1, -0.05) is 54.6 Å². The summed E-state index contributed by atoms with van der Waals surface area (Å²) >= 11 is 0. The summed E-state index contributed by atoms with van der Waals surface area (Å²) in [6.45, 7) is 0.873. The Bertz CT molecular complexity index is 544. The molecule has 0 aliphatic carbocycles. The molecule has 0 radical (unpaired) electrons. The molecule has 2 N–H and O–H groups in total. The third-order valence-electron chi connectivity index (χ3n) is 3.23. The van der Waals surface area contributed by atoms with Crippen LogP contribution in [0.5, 0.6) is 0 Å². The third-order valence-corrected chi connectivity index (χ3v) is 3.23. The van der Waals surface area contributed by atoms with Gasteiger partial charge in [0.2, 0.25) is 0 Å². The normalized spacial score (nSPS) is 11.2. The molecule has 3 heteroatoms. The first kappa shape index (κ1) is 14.1. The molecule has 2 aromatic carbocycles. The first-order valence-corrected chi connectivity index (χ1v) is 6.86. The predicted molar refractivity (Wildman–Crippen MR) is 86.0 cm³/mol. The van der Waals surface area contributed by atoms with Gasteiger partial charge in [-0.15, -0.1) is 0 Å². The number of aliphatic imine (C=N–C) groups is 1. The summed E-state index contributed by atoms with van der Waals surface area (Å²) in [4.78, 5) is 4.09. The van der Waals surface area contributed by atoms with E-state index in [1.807, 2.05) is 13.1 Å². The maximum atomic E-state index is 4.09. The summed E-state index contributed by atoms with van der Waals surface area (Å²) in [5.41, 5.74) is 3.84. The van der Waals surface area contributed by atoms with E-state index in [9.17, 15) is 0 Å². The molecule has 0 amide bonds. The molecular weight excluding hydrogens is 246 g/mol. The Morgan fingerprint density at radius 1 is 0.950 bits per heavy atom. The number of nitrogens with zero attached hydrogens (tertiary/aromatic N) is 1. The molecule has 20 heavy (non-hydrogen) atoms. The second-order valence-corrected chi connectivity index (χ2v) is 4.56. The van der Waals surface area contributed by atoms with Gasteiger partial charge in [0.05, 0.1) is 0 Å². The van der Waals surface area contributed by atoms with Crippen LogP contribution in [0.15, 0.2) is 59.6 Å². The summed E-state index contributed by atoms with van der Waals surface area (Å²) in [5.74, 6) is 0.825. The van der Waals surface area contributed by atoms with Crippen molar-refractivity contribution in [2.24, 2.45) is 4.99 Å². The van der Waals surface area contributed by atoms with Crippen molar-refractivity contribution in [2.45, 2.75) is 6.42 Å². The van der Waals surface area contributed by atoms with Crippen LogP contribution >= 0.6 is 0 Å². The van der Waals surface area contributed by atoms with Crippen LogP contribution in [0.2, 0.25) is 0 Å². The van der Waals surface area contributed by atoms with Crippen molar-refractivity contribution in [1.82, 2.24) is 10.6 Å². The Labute approximate surface area is 120 Å². The molecule has 0 fully saturated rings. The molecule has 2 rings (SSSR count). The average molecular weight is 267 g/mol. The molecule has 0 aliphatic rings. The summed E-state index contributed by atoms with van der Waals surface area (Å²) in [6.07, 6.45) is 0.982. The van der Waals surface area contributed by atoms with Gasteiger partial charge in [0.15, 0.2) is 5.96 Å². The van der Waals surface area contributed by atoms with Crippen molar-refractivity contribution in [3.63, 3.8) is 0 Å². The van der Waals surface area contributed by atoms with Gasteiger partial charge < -0.3 is 10.6 Å². The fourth-order valence-electron chi connectivity index (χ4n) is 2.10. The van der Waals surface area contributed by atoms with Crippen molar-refractivity contribution in [2.75, 3.05) is 20.6 Å². The average Bonchev–Trinajstić information content (AvgIpc) is 2.53. The van der Waals surface area contributed by atoms with Gasteiger partial charge in [-0.05, 0) is 23.1 Å². The SMILES string of the molecule is CN=C(NC)NCCc1ccc(-c2ccccc2)cc1. The monoisotopic (exact) mass is 267 g/mol. The van der Waals surface area contributed by atoms with Crippen LogP contribution in [-0.2, 0) is 6.42 Å². The molecule has 0 aromatic heterocycles. The highest BCUT2D eigenvalue weighted by molar-refractivity contribution is 5.79. The van der Waals surface area contributed by atoms with Gasteiger partial charge >= 0.3 is 0 Å². The van der Waals surface area contributed by atoms with Crippen LogP contribution in [-0.4, -0.2) is 26.6 Å². The lowest BCUT2D eigenvalue weighted by molar-refractivity contribution is 0.834. The van der Waals surface area contributed by atoms with Crippen LogP contribution in [0.3, 0.4) is 0 Å². The lowest BCUT2D eigenvalue weighted by Gasteiger charge is -2.09. The molecule has 0 bridgehead atoms. The summed E-state index contributed by atoms with van der Waals surface area (Å²) in [7, 11) is 3.64. The summed E-state index contributed by atoms with van der Waals surface area (Å²) < 4.78 is 0. The number of hydrogen-bond acceptors (Lipinski definition) is 1. The minimum Gasteiger partial charge on any atom is -0.359 e. The lowest BCUT2D eigenvalue weighted by atomic mass is 10.0. The Hall–Kier alpha value is -2.29. The Morgan fingerprint density at radius 2 is 1.60 bits per heavy atom. The number of nitrogens with one attached hydrogen (secondary N) is 2.